The zero-order valence-corrected chi connectivity index (χ0v) is 3.30. The van der Waals surface area contributed by atoms with Crippen molar-refractivity contribution in [2.45, 2.75) is 0 Å². The summed E-state index contributed by atoms with van der Waals surface area (Å²) in [5.74, 6) is 6.14. The van der Waals surface area contributed by atoms with Crippen molar-refractivity contribution in [1.82, 2.24) is 11.3 Å². The summed E-state index contributed by atoms with van der Waals surface area (Å²) in [5, 5.41) is 0.00463. The van der Waals surface area contributed by atoms with Crippen molar-refractivity contribution in [3.8, 4) is 0 Å². The molecule has 0 aliphatic carbocycles. The molecule has 0 aliphatic rings. The molecule has 0 aliphatic heterocycles. The van der Waals surface area contributed by atoms with Crippen LogP contribution in [0.3, 0.4) is 0 Å². The Kier molecular flexibility index (Phi) is 1.79. The summed E-state index contributed by atoms with van der Waals surface area (Å²) >= 11 is 4.18. The van der Waals surface area contributed by atoms with Gasteiger partial charge in [0.2, 0.25) is 0 Å². The molecule has 4 N–H and O–H groups in total. The van der Waals surface area contributed by atoms with Crippen molar-refractivity contribution < 1.29 is 0 Å². The first-order chi connectivity index (χ1) is 2.27. The Morgan fingerprint density at radius 1 is 2.00 bits per heavy atom. The molecule has 5 heavy (non-hydrogen) atoms. The van der Waals surface area contributed by atoms with Crippen molar-refractivity contribution >= 4 is 17.3 Å². The van der Waals surface area contributed by atoms with Gasteiger partial charge in [-0.05, 0) is 12.2 Å². The quantitative estimate of drug-likeness (QED) is 0.297. The van der Waals surface area contributed by atoms with Crippen LogP contribution < -0.4 is 17.0 Å². The van der Waals surface area contributed by atoms with Gasteiger partial charge in [0.15, 0.2) is 5.11 Å². The van der Waals surface area contributed by atoms with Crippen molar-refractivity contribution in [2.24, 2.45) is 5.73 Å². The van der Waals surface area contributed by atoms with E-state index in [0.29, 0.717) is 0 Å². The van der Waals surface area contributed by atoms with Crippen molar-refractivity contribution in [2.75, 3.05) is 0 Å². The van der Waals surface area contributed by atoms with Crippen LogP contribution in [0.1, 0.15) is 0 Å². The molecular weight excluding hydrogens is 86.1 g/mol. The molecular formula is CH4N3S. The van der Waals surface area contributed by atoms with Crippen molar-refractivity contribution in [3.63, 3.8) is 0 Å². The lowest BCUT2D eigenvalue weighted by Gasteiger charge is -1.83. The minimum absolute atomic E-state index is 0.00463. The highest BCUT2D eigenvalue weighted by atomic mass is 32.1. The molecule has 0 saturated heterocycles. The number of thiocarbonyl (C=S) groups is 1. The standard InChI is InChI=1S/CH4N3S/c2-1(5)4-3/h3H,(H3,2,4,5). The fourth-order valence-corrected chi connectivity index (χ4v) is 0. The van der Waals surface area contributed by atoms with Gasteiger partial charge in [-0.1, -0.05) is 0 Å². The van der Waals surface area contributed by atoms with Gasteiger partial charge < -0.3 is 5.73 Å². The number of hydrogen-bond acceptors (Lipinski definition) is 1. The van der Waals surface area contributed by atoms with Crippen LogP contribution >= 0.6 is 12.2 Å². The van der Waals surface area contributed by atoms with Gasteiger partial charge in [0.05, 0.1) is 0 Å². The van der Waals surface area contributed by atoms with Crippen LogP contribution in [0.25, 0.3) is 0 Å². The molecule has 0 amide bonds. The van der Waals surface area contributed by atoms with E-state index in [1.54, 1.807) is 5.43 Å². The van der Waals surface area contributed by atoms with Crippen LogP contribution in [0.2, 0.25) is 0 Å². The maximum absolute atomic E-state index is 6.14. The van der Waals surface area contributed by atoms with Crippen molar-refractivity contribution in [3.05, 3.63) is 0 Å². The van der Waals surface area contributed by atoms with E-state index in [2.05, 4.69) is 12.2 Å². The Hall–Kier alpha value is -0.350. The summed E-state index contributed by atoms with van der Waals surface area (Å²) in [6.45, 7) is 0. The highest BCUT2D eigenvalue weighted by Gasteiger charge is 1.67. The van der Waals surface area contributed by atoms with E-state index < -0.39 is 0 Å². The molecule has 0 fully saturated rings. The number of rotatable bonds is 0. The summed E-state index contributed by atoms with van der Waals surface area (Å²) in [4.78, 5) is 0. The summed E-state index contributed by atoms with van der Waals surface area (Å²) in [6, 6.07) is 0. The number of nitrogens with two attached hydrogens (primary N) is 1. The molecule has 29 valence electrons. The minimum atomic E-state index is 0.00463. The van der Waals surface area contributed by atoms with Crippen molar-refractivity contribution in [1.29, 1.82) is 0 Å². The van der Waals surface area contributed by atoms with Crippen LogP contribution in [0.5, 0.6) is 0 Å². The first-order valence-electron chi connectivity index (χ1n) is 0.993. The van der Waals surface area contributed by atoms with Crippen LogP contribution in [0.15, 0.2) is 0 Å². The van der Waals surface area contributed by atoms with Gasteiger partial charge in [-0.25, -0.2) is 0 Å². The molecule has 0 spiro atoms. The lowest BCUT2D eigenvalue weighted by atomic mass is 11.2. The second-order valence-corrected chi connectivity index (χ2v) is 0.929. The maximum atomic E-state index is 6.14. The molecule has 0 aromatic carbocycles. The Bertz CT molecular complexity index is 42.2. The van der Waals surface area contributed by atoms with E-state index in [4.69, 9.17) is 11.6 Å². The monoisotopic (exact) mass is 90.0 g/mol. The average Bonchev–Trinajstić information content (AvgIpc) is 1.38. The molecule has 0 heterocycles. The third kappa shape index (κ3) is 3.65. The van der Waals surface area contributed by atoms with E-state index in [9.17, 15) is 0 Å². The zero-order valence-electron chi connectivity index (χ0n) is 2.49. The van der Waals surface area contributed by atoms with Crippen LogP contribution in [-0.4, -0.2) is 5.11 Å². The lowest BCUT2D eigenvalue weighted by molar-refractivity contribution is 0.986. The number of hydrogen-bond donors (Lipinski definition) is 2. The Labute approximate surface area is 35.3 Å². The molecule has 0 saturated carbocycles. The predicted octanol–water partition coefficient (Wildman–Crippen LogP) is -0.982. The SMILES string of the molecule is [NH]NC(N)=S. The molecule has 0 bridgehead atoms. The van der Waals surface area contributed by atoms with E-state index >= 15 is 0 Å². The highest BCUT2D eigenvalue weighted by molar-refractivity contribution is 7.80. The summed E-state index contributed by atoms with van der Waals surface area (Å²) in [7, 11) is 0. The largest absolute Gasteiger partial charge is 0.375 e. The molecule has 0 unspecified atom stereocenters. The fourth-order valence-electron chi connectivity index (χ4n) is 0. The second-order valence-electron chi connectivity index (χ2n) is 0.489. The maximum Gasteiger partial charge on any atom is 0.179 e. The van der Waals surface area contributed by atoms with Gasteiger partial charge in [0.25, 0.3) is 0 Å². The third-order valence-electron chi connectivity index (χ3n) is 0.123. The molecule has 0 aromatic heterocycles. The average molecular weight is 90.1 g/mol. The Balaban J connectivity index is 2.85. The normalized spacial score (nSPS) is 6.60. The van der Waals surface area contributed by atoms with E-state index in [0.717, 1.165) is 0 Å². The van der Waals surface area contributed by atoms with Gasteiger partial charge in [0.1, 0.15) is 0 Å². The van der Waals surface area contributed by atoms with E-state index in [1.165, 1.54) is 0 Å². The smallest absolute Gasteiger partial charge is 0.179 e. The summed E-state index contributed by atoms with van der Waals surface area (Å²) in [5.41, 5.74) is 6.51. The summed E-state index contributed by atoms with van der Waals surface area (Å²) < 4.78 is 0. The van der Waals surface area contributed by atoms with Crippen LogP contribution in [-0.2, 0) is 0 Å². The lowest BCUT2D eigenvalue weighted by Crippen LogP contribution is -2.26. The second kappa shape index (κ2) is 1.92. The van der Waals surface area contributed by atoms with Crippen LogP contribution in [0, 0.1) is 0 Å². The minimum Gasteiger partial charge on any atom is -0.375 e. The van der Waals surface area contributed by atoms with E-state index in [-0.39, 0.29) is 5.11 Å². The Morgan fingerprint density at radius 2 is 2.20 bits per heavy atom. The number of nitrogens with one attached hydrogen (secondary N) is 2. The van der Waals surface area contributed by atoms with Gasteiger partial charge in [0, 0.05) is 0 Å². The van der Waals surface area contributed by atoms with Gasteiger partial charge in [-0.2, -0.15) is 5.84 Å². The molecule has 0 rings (SSSR count). The first-order valence-corrected chi connectivity index (χ1v) is 1.40. The van der Waals surface area contributed by atoms with Crippen LogP contribution in [0.4, 0.5) is 0 Å². The molecule has 0 atom stereocenters. The molecule has 4 heteroatoms. The first kappa shape index (κ1) is 4.65. The Morgan fingerprint density at radius 3 is 2.20 bits per heavy atom. The van der Waals surface area contributed by atoms with Gasteiger partial charge in [-0.15, -0.1) is 0 Å². The van der Waals surface area contributed by atoms with E-state index in [1.807, 2.05) is 0 Å². The summed E-state index contributed by atoms with van der Waals surface area (Å²) in [6.07, 6.45) is 0. The predicted molar refractivity (Wildman–Crippen MR) is 23.0 cm³/mol. The molecule has 1 radical (unpaired) electrons. The fraction of sp³-hybridized carbons (Fsp3) is 0. The molecule has 3 nitrogen and oxygen atoms in total. The topological polar surface area (TPSA) is 61.8 Å². The third-order valence-corrected chi connectivity index (χ3v) is 0.225. The van der Waals surface area contributed by atoms with Gasteiger partial charge in [-0.3, -0.25) is 5.43 Å². The zero-order chi connectivity index (χ0) is 4.28. The highest BCUT2D eigenvalue weighted by Crippen LogP contribution is 1.41. The molecule has 0 aromatic rings. The van der Waals surface area contributed by atoms with Gasteiger partial charge >= 0.3 is 0 Å².